The molecule has 2 rings (SSSR count). The van der Waals surface area contributed by atoms with Crippen molar-refractivity contribution in [3.63, 3.8) is 0 Å². The summed E-state index contributed by atoms with van der Waals surface area (Å²) in [5.74, 6) is 8.07. The van der Waals surface area contributed by atoms with Crippen LogP contribution in [0.1, 0.15) is 138 Å². The van der Waals surface area contributed by atoms with Gasteiger partial charge in [0.05, 0.1) is 12.6 Å². The largest absolute Gasteiger partial charge is 0.444 e. The molecular weight excluding hydrogens is 450 g/mol. The molecule has 5 heteroatoms. The summed E-state index contributed by atoms with van der Waals surface area (Å²) in [6, 6.07) is -0.518. The number of hydrogen-bond acceptors (Lipinski definition) is 4. The zero-order valence-electron chi connectivity index (χ0n) is 24.2. The maximum Gasteiger partial charge on any atom is 0.413 e. The van der Waals surface area contributed by atoms with E-state index in [4.69, 9.17) is 9.47 Å². The zero-order valence-corrected chi connectivity index (χ0v) is 24.2. The molecule has 0 spiro atoms. The second-order valence-electron chi connectivity index (χ2n) is 12.6. The summed E-state index contributed by atoms with van der Waals surface area (Å²) in [4.78, 5) is 14.2. The van der Waals surface area contributed by atoms with Gasteiger partial charge in [-0.25, -0.2) is 4.79 Å². The van der Waals surface area contributed by atoms with E-state index in [9.17, 15) is 9.90 Å². The van der Waals surface area contributed by atoms with Gasteiger partial charge in [-0.2, -0.15) is 0 Å². The molecule has 1 heterocycles. The lowest BCUT2D eigenvalue weighted by Crippen LogP contribution is -2.53. The lowest BCUT2D eigenvalue weighted by Gasteiger charge is -2.35. The average molecular weight is 506 g/mol. The summed E-state index contributed by atoms with van der Waals surface area (Å²) in [5, 5.41) is 10.7. The summed E-state index contributed by atoms with van der Waals surface area (Å²) >= 11 is 0. The van der Waals surface area contributed by atoms with E-state index in [-0.39, 0.29) is 6.61 Å². The number of rotatable bonds is 15. The van der Waals surface area contributed by atoms with Crippen LogP contribution in [0.3, 0.4) is 0 Å². The Labute approximate surface area is 222 Å². The number of unbranched alkanes of at least 4 members (excludes halogenated alkanes) is 10. The lowest BCUT2D eigenvalue weighted by atomic mass is 10.0. The summed E-state index contributed by atoms with van der Waals surface area (Å²) in [6.45, 7) is 11.7. The van der Waals surface area contributed by atoms with Crippen LogP contribution in [0.2, 0.25) is 0 Å². The minimum atomic E-state index is -0.942. The quantitative estimate of drug-likeness (QED) is 0.182. The summed E-state index contributed by atoms with van der Waals surface area (Å²) in [5.41, 5.74) is -1.43. The molecule has 1 N–H and O–H groups in total. The highest BCUT2D eigenvalue weighted by Crippen LogP contribution is 2.45. The highest BCUT2D eigenvalue weighted by atomic mass is 16.6. The molecule has 0 aromatic heterocycles. The van der Waals surface area contributed by atoms with E-state index in [1.54, 1.807) is 0 Å². The van der Waals surface area contributed by atoms with Crippen molar-refractivity contribution in [2.45, 2.75) is 161 Å². The topological polar surface area (TPSA) is 59.0 Å². The summed E-state index contributed by atoms with van der Waals surface area (Å²) in [7, 11) is 0. The molecule has 5 nitrogen and oxygen atoms in total. The van der Waals surface area contributed by atoms with Gasteiger partial charge >= 0.3 is 6.09 Å². The smallest absolute Gasteiger partial charge is 0.413 e. The Morgan fingerprint density at radius 3 is 2.14 bits per heavy atom. The monoisotopic (exact) mass is 505 g/mol. The fourth-order valence-electron chi connectivity index (χ4n) is 5.36. The van der Waals surface area contributed by atoms with Gasteiger partial charge in [0.1, 0.15) is 17.4 Å². The minimum Gasteiger partial charge on any atom is -0.444 e. The number of ether oxygens (including phenoxy) is 2. The van der Waals surface area contributed by atoms with E-state index in [0.717, 1.165) is 24.7 Å². The van der Waals surface area contributed by atoms with Crippen molar-refractivity contribution >= 4 is 6.09 Å². The Morgan fingerprint density at radius 2 is 1.56 bits per heavy atom. The summed E-state index contributed by atoms with van der Waals surface area (Å²) in [6.07, 6.45) is 18.5. The average Bonchev–Trinajstić information content (AvgIpc) is 3.45. The van der Waals surface area contributed by atoms with E-state index in [1.165, 1.54) is 88.4 Å². The number of carbonyl (C=O) groups excluding carboxylic acids is 1. The molecule has 1 saturated carbocycles. The number of aliphatic hydroxyl groups excluding tert-OH is 1. The van der Waals surface area contributed by atoms with Crippen LogP contribution in [0.5, 0.6) is 0 Å². The van der Waals surface area contributed by atoms with Crippen LogP contribution in [0, 0.1) is 23.7 Å². The van der Waals surface area contributed by atoms with Gasteiger partial charge in [-0.3, -0.25) is 4.90 Å². The van der Waals surface area contributed by atoms with E-state index >= 15 is 0 Å². The highest BCUT2D eigenvalue weighted by molar-refractivity contribution is 5.70. The van der Waals surface area contributed by atoms with E-state index in [1.807, 2.05) is 34.6 Å². The van der Waals surface area contributed by atoms with Crippen molar-refractivity contribution in [1.29, 1.82) is 0 Å². The number of hydrogen-bond donors (Lipinski definition) is 1. The third kappa shape index (κ3) is 11.4. The van der Waals surface area contributed by atoms with E-state index in [0.29, 0.717) is 0 Å². The molecular formula is C31H55NO4. The molecule has 1 aliphatic carbocycles. The number of aliphatic hydroxyl groups is 1. The van der Waals surface area contributed by atoms with Crippen LogP contribution >= 0.6 is 0 Å². The maximum absolute atomic E-state index is 12.7. The molecule has 0 radical (unpaired) electrons. The molecule has 1 aliphatic heterocycles. The summed E-state index contributed by atoms with van der Waals surface area (Å²) < 4.78 is 11.3. The lowest BCUT2D eigenvalue weighted by molar-refractivity contribution is -0.0658. The van der Waals surface area contributed by atoms with Crippen molar-refractivity contribution < 1.29 is 19.4 Å². The van der Waals surface area contributed by atoms with Crippen LogP contribution in [0.15, 0.2) is 0 Å². The number of carbonyl (C=O) groups is 1. The molecule has 0 bridgehead atoms. The Hall–Kier alpha value is -1.25. The van der Waals surface area contributed by atoms with Crippen LogP contribution < -0.4 is 0 Å². The van der Waals surface area contributed by atoms with Gasteiger partial charge in [-0.05, 0) is 59.3 Å². The number of amides is 1. The van der Waals surface area contributed by atoms with Gasteiger partial charge in [-0.1, -0.05) is 89.9 Å². The van der Waals surface area contributed by atoms with E-state index in [2.05, 4.69) is 18.8 Å². The molecule has 1 amide bonds. The molecule has 2 fully saturated rings. The van der Waals surface area contributed by atoms with Crippen LogP contribution in [0.4, 0.5) is 4.79 Å². The van der Waals surface area contributed by atoms with Crippen LogP contribution in [-0.4, -0.2) is 46.2 Å². The molecule has 2 aliphatic rings. The zero-order chi connectivity index (χ0) is 26.6. The number of nitrogens with zero attached hydrogens (tertiary/aromatic N) is 1. The highest BCUT2D eigenvalue weighted by Gasteiger charge is 2.48. The van der Waals surface area contributed by atoms with Crippen molar-refractivity contribution in [1.82, 2.24) is 4.90 Å². The normalized spacial score (nSPS) is 23.8. The van der Waals surface area contributed by atoms with Crippen LogP contribution in [0.25, 0.3) is 0 Å². The second kappa shape index (κ2) is 15.2. The predicted molar refractivity (Wildman–Crippen MR) is 148 cm³/mol. The first-order valence-corrected chi connectivity index (χ1v) is 14.9. The van der Waals surface area contributed by atoms with Crippen molar-refractivity contribution in [2.24, 2.45) is 11.8 Å². The standard InChI is InChI=1S/C31H55NO4/c1-7-8-9-10-11-12-14-17-20-25-23-26(25)21-18-15-13-16-19-22-28(33)27-24-35-31(5,6)32(27)29(34)36-30(2,3)4/h25-28,33H,7-18,20-21,23-24H2,1-6H3/t25-,26+,27+,28-/m1/s1. The van der Waals surface area contributed by atoms with Crippen molar-refractivity contribution in [3.8, 4) is 11.8 Å². The van der Waals surface area contributed by atoms with Gasteiger partial charge in [0.25, 0.3) is 0 Å². The third-order valence-corrected chi connectivity index (χ3v) is 7.60. The molecule has 36 heavy (non-hydrogen) atoms. The third-order valence-electron chi connectivity index (χ3n) is 7.60. The van der Waals surface area contributed by atoms with Gasteiger partial charge in [0.15, 0.2) is 0 Å². The van der Waals surface area contributed by atoms with Crippen molar-refractivity contribution in [3.05, 3.63) is 0 Å². The Kier molecular flexibility index (Phi) is 13.1. The first-order chi connectivity index (χ1) is 17.0. The molecule has 0 aromatic carbocycles. The minimum absolute atomic E-state index is 0.254. The SMILES string of the molecule is CCCCCCCCCC[C@@H]1C[C@@H]1CCCCCC#C[C@@H](O)[C@@H]1COC(C)(C)N1C(=O)OC(C)(C)C. The second-order valence-corrected chi connectivity index (χ2v) is 12.6. The van der Waals surface area contributed by atoms with Gasteiger partial charge < -0.3 is 14.6 Å². The predicted octanol–water partition coefficient (Wildman–Crippen LogP) is 7.84. The maximum atomic E-state index is 12.7. The first kappa shape index (κ1) is 31.0. The fraction of sp³-hybridized carbons (Fsp3) is 0.903. The van der Waals surface area contributed by atoms with Crippen LogP contribution in [-0.2, 0) is 9.47 Å². The van der Waals surface area contributed by atoms with Gasteiger partial charge in [0.2, 0.25) is 0 Å². The van der Waals surface area contributed by atoms with Gasteiger partial charge in [-0.15, -0.1) is 5.92 Å². The Balaban J connectivity index is 1.55. The first-order valence-electron chi connectivity index (χ1n) is 14.9. The Morgan fingerprint density at radius 1 is 1.00 bits per heavy atom. The van der Waals surface area contributed by atoms with E-state index < -0.39 is 29.6 Å². The molecule has 0 aromatic rings. The molecule has 1 saturated heterocycles. The van der Waals surface area contributed by atoms with Crippen molar-refractivity contribution in [2.75, 3.05) is 6.61 Å². The molecule has 0 unspecified atom stereocenters. The molecule has 208 valence electrons. The fourth-order valence-corrected chi connectivity index (χ4v) is 5.36. The van der Waals surface area contributed by atoms with Gasteiger partial charge in [0, 0.05) is 6.42 Å². The Bertz CT molecular complexity index is 702. The molecule has 4 atom stereocenters.